The number of aryl methyl sites for hydroxylation is 1. The SMILES string of the molecule is Cc1nc(Cl)nc(N2CC(C)OCC2C)c1N. The lowest BCUT2D eigenvalue weighted by molar-refractivity contribution is 0.0341. The maximum atomic E-state index is 6.02. The van der Waals surface area contributed by atoms with Gasteiger partial charge in [0.1, 0.15) is 0 Å². The van der Waals surface area contributed by atoms with Gasteiger partial charge in [0.25, 0.3) is 0 Å². The average Bonchev–Trinajstić information content (AvgIpc) is 2.27. The smallest absolute Gasteiger partial charge is 0.224 e. The number of nitrogen functional groups attached to an aromatic ring is 1. The molecule has 0 radical (unpaired) electrons. The molecule has 1 aliphatic heterocycles. The molecule has 1 aliphatic rings. The number of rotatable bonds is 1. The highest BCUT2D eigenvalue weighted by Crippen LogP contribution is 2.28. The van der Waals surface area contributed by atoms with Gasteiger partial charge < -0.3 is 15.4 Å². The molecule has 6 heteroatoms. The van der Waals surface area contributed by atoms with Crippen molar-refractivity contribution in [1.29, 1.82) is 0 Å². The zero-order chi connectivity index (χ0) is 12.6. The van der Waals surface area contributed by atoms with E-state index in [1.807, 2.05) is 13.8 Å². The zero-order valence-corrected chi connectivity index (χ0v) is 11.0. The van der Waals surface area contributed by atoms with Crippen LogP contribution in [-0.2, 0) is 4.74 Å². The fourth-order valence-corrected chi connectivity index (χ4v) is 2.16. The van der Waals surface area contributed by atoms with Crippen molar-refractivity contribution < 1.29 is 4.74 Å². The van der Waals surface area contributed by atoms with Gasteiger partial charge >= 0.3 is 0 Å². The van der Waals surface area contributed by atoms with Gasteiger partial charge in [-0.05, 0) is 32.4 Å². The molecule has 94 valence electrons. The lowest BCUT2D eigenvalue weighted by atomic mass is 10.2. The number of aromatic nitrogens is 2. The predicted molar refractivity (Wildman–Crippen MR) is 68.4 cm³/mol. The number of halogens is 1. The Morgan fingerprint density at radius 2 is 2.12 bits per heavy atom. The van der Waals surface area contributed by atoms with Crippen LogP contribution in [0.25, 0.3) is 0 Å². The summed E-state index contributed by atoms with van der Waals surface area (Å²) in [6.07, 6.45) is 0.166. The van der Waals surface area contributed by atoms with Crippen LogP contribution in [0.4, 0.5) is 11.5 Å². The maximum Gasteiger partial charge on any atom is 0.224 e. The zero-order valence-electron chi connectivity index (χ0n) is 10.3. The highest BCUT2D eigenvalue weighted by atomic mass is 35.5. The molecule has 0 amide bonds. The van der Waals surface area contributed by atoms with Crippen molar-refractivity contribution in [2.45, 2.75) is 32.9 Å². The molecule has 2 heterocycles. The minimum Gasteiger partial charge on any atom is -0.394 e. The molecular weight excluding hydrogens is 240 g/mol. The molecule has 1 fully saturated rings. The van der Waals surface area contributed by atoms with Crippen molar-refractivity contribution in [2.75, 3.05) is 23.8 Å². The molecule has 0 spiro atoms. The lowest BCUT2D eigenvalue weighted by Gasteiger charge is -2.38. The van der Waals surface area contributed by atoms with E-state index in [1.54, 1.807) is 0 Å². The fourth-order valence-electron chi connectivity index (χ4n) is 1.95. The van der Waals surface area contributed by atoms with Crippen LogP contribution in [0.15, 0.2) is 0 Å². The predicted octanol–water partition coefficient (Wildman–Crippen LogP) is 1.63. The second kappa shape index (κ2) is 4.66. The lowest BCUT2D eigenvalue weighted by Crippen LogP contribution is -2.48. The molecule has 2 N–H and O–H groups in total. The van der Waals surface area contributed by atoms with Crippen LogP contribution in [0, 0.1) is 6.92 Å². The molecule has 2 atom stereocenters. The highest BCUT2D eigenvalue weighted by molar-refractivity contribution is 6.28. The normalized spacial score (nSPS) is 25.1. The number of anilines is 2. The minimum absolute atomic E-state index is 0.166. The van der Waals surface area contributed by atoms with Crippen LogP contribution in [0.1, 0.15) is 19.5 Å². The third-order valence-electron chi connectivity index (χ3n) is 2.97. The molecule has 1 saturated heterocycles. The van der Waals surface area contributed by atoms with Crippen molar-refractivity contribution in [3.63, 3.8) is 0 Å². The summed E-state index contributed by atoms with van der Waals surface area (Å²) < 4.78 is 5.58. The second-order valence-electron chi connectivity index (χ2n) is 4.46. The molecule has 0 aliphatic carbocycles. The standard InChI is InChI=1S/C11H17ClN4O/c1-6-5-17-7(2)4-16(6)10-9(13)8(3)14-11(12)15-10/h6-7H,4-5,13H2,1-3H3. The number of nitrogens with two attached hydrogens (primary N) is 1. The van der Waals surface area contributed by atoms with Gasteiger partial charge in [0, 0.05) is 6.54 Å². The summed E-state index contributed by atoms with van der Waals surface area (Å²) in [6, 6.07) is 0.235. The Morgan fingerprint density at radius 3 is 2.82 bits per heavy atom. The van der Waals surface area contributed by atoms with Crippen molar-refractivity contribution in [3.8, 4) is 0 Å². The van der Waals surface area contributed by atoms with Gasteiger partial charge in [-0.25, -0.2) is 4.98 Å². The first-order valence-corrected chi connectivity index (χ1v) is 6.04. The fraction of sp³-hybridized carbons (Fsp3) is 0.636. The Hall–Kier alpha value is -1.07. The maximum absolute atomic E-state index is 6.02. The van der Waals surface area contributed by atoms with Crippen LogP contribution < -0.4 is 10.6 Å². The molecule has 17 heavy (non-hydrogen) atoms. The first kappa shape index (κ1) is 12.4. The Kier molecular flexibility index (Phi) is 3.40. The van der Waals surface area contributed by atoms with Crippen molar-refractivity contribution in [2.24, 2.45) is 0 Å². The second-order valence-corrected chi connectivity index (χ2v) is 4.80. The van der Waals surface area contributed by atoms with E-state index in [1.165, 1.54) is 0 Å². The van der Waals surface area contributed by atoms with Crippen LogP contribution in [0.2, 0.25) is 5.28 Å². The van der Waals surface area contributed by atoms with Crippen LogP contribution in [0.5, 0.6) is 0 Å². The van der Waals surface area contributed by atoms with E-state index >= 15 is 0 Å². The first-order chi connectivity index (χ1) is 7.99. The summed E-state index contributed by atoms with van der Waals surface area (Å²) in [6.45, 7) is 7.38. The molecule has 0 bridgehead atoms. The van der Waals surface area contributed by atoms with Crippen molar-refractivity contribution in [1.82, 2.24) is 9.97 Å². The number of nitrogens with zero attached hydrogens (tertiary/aromatic N) is 3. The van der Waals surface area contributed by atoms with E-state index in [4.69, 9.17) is 22.1 Å². The van der Waals surface area contributed by atoms with Crippen LogP contribution >= 0.6 is 11.6 Å². The third kappa shape index (κ3) is 2.45. The number of hydrogen-bond donors (Lipinski definition) is 1. The van der Waals surface area contributed by atoms with Crippen LogP contribution in [-0.4, -0.2) is 35.3 Å². The van der Waals surface area contributed by atoms with Crippen molar-refractivity contribution >= 4 is 23.1 Å². The summed E-state index contributed by atoms with van der Waals surface area (Å²) in [5.41, 5.74) is 7.33. The Morgan fingerprint density at radius 1 is 1.41 bits per heavy atom. The molecular formula is C11H17ClN4O. The van der Waals surface area contributed by atoms with Gasteiger partial charge in [0.05, 0.1) is 30.1 Å². The Bertz CT molecular complexity index is 426. The van der Waals surface area contributed by atoms with Gasteiger partial charge in [-0.2, -0.15) is 4.98 Å². The van der Waals surface area contributed by atoms with E-state index in [0.717, 1.165) is 6.54 Å². The molecule has 5 nitrogen and oxygen atoms in total. The molecule has 1 aromatic heterocycles. The summed E-state index contributed by atoms with van der Waals surface area (Å²) >= 11 is 5.89. The molecule has 2 rings (SSSR count). The minimum atomic E-state index is 0.166. The van der Waals surface area contributed by atoms with Crippen LogP contribution in [0.3, 0.4) is 0 Å². The van der Waals surface area contributed by atoms with Crippen molar-refractivity contribution in [3.05, 3.63) is 11.0 Å². The Labute approximate surface area is 106 Å². The number of morpholine rings is 1. The third-order valence-corrected chi connectivity index (χ3v) is 3.14. The highest BCUT2D eigenvalue weighted by Gasteiger charge is 2.27. The first-order valence-electron chi connectivity index (χ1n) is 5.67. The summed E-state index contributed by atoms with van der Waals surface area (Å²) in [4.78, 5) is 10.4. The van der Waals surface area contributed by atoms with Gasteiger partial charge in [-0.3, -0.25) is 0 Å². The molecule has 0 aromatic carbocycles. The van der Waals surface area contributed by atoms with Gasteiger partial charge in [0.2, 0.25) is 5.28 Å². The number of hydrogen-bond acceptors (Lipinski definition) is 5. The molecule has 0 saturated carbocycles. The summed E-state index contributed by atoms with van der Waals surface area (Å²) in [5.74, 6) is 0.713. The molecule has 2 unspecified atom stereocenters. The Balaban J connectivity index is 2.38. The largest absolute Gasteiger partial charge is 0.394 e. The van der Waals surface area contributed by atoms with Gasteiger partial charge in [-0.15, -0.1) is 0 Å². The van der Waals surface area contributed by atoms with E-state index in [-0.39, 0.29) is 17.4 Å². The molecule has 1 aromatic rings. The monoisotopic (exact) mass is 256 g/mol. The van der Waals surface area contributed by atoms with E-state index in [2.05, 4.69) is 21.8 Å². The van der Waals surface area contributed by atoms with Gasteiger partial charge in [0.15, 0.2) is 5.82 Å². The topological polar surface area (TPSA) is 64.3 Å². The summed E-state index contributed by atoms with van der Waals surface area (Å²) in [5, 5.41) is 0.234. The quantitative estimate of drug-likeness (QED) is 0.774. The van der Waals surface area contributed by atoms with E-state index < -0.39 is 0 Å². The average molecular weight is 257 g/mol. The van der Waals surface area contributed by atoms with E-state index in [9.17, 15) is 0 Å². The number of ether oxygens (including phenoxy) is 1. The summed E-state index contributed by atoms with van der Waals surface area (Å²) in [7, 11) is 0. The van der Waals surface area contributed by atoms with Gasteiger partial charge in [-0.1, -0.05) is 0 Å². The van der Waals surface area contributed by atoms with E-state index in [0.29, 0.717) is 23.8 Å².